The Bertz CT molecular complexity index is 1130. The number of hydrogen-bond donors (Lipinski definition) is 1. The van der Waals surface area contributed by atoms with Crippen LogP contribution in [0.1, 0.15) is 18.7 Å². The number of hydrogen-bond acceptors (Lipinski definition) is 5. The summed E-state index contributed by atoms with van der Waals surface area (Å²) in [6.07, 6.45) is 0. The zero-order chi connectivity index (χ0) is 18.1. The zero-order valence-electron chi connectivity index (χ0n) is 14.0. The van der Waals surface area contributed by atoms with Crippen molar-refractivity contribution >= 4 is 27.8 Å². The van der Waals surface area contributed by atoms with Gasteiger partial charge in [0.15, 0.2) is 0 Å². The van der Waals surface area contributed by atoms with E-state index >= 15 is 0 Å². The van der Waals surface area contributed by atoms with Crippen molar-refractivity contribution in [1.82, 2.24) is 20.3 Å². The minimum atomic E-state index is -0.345. The minimum Gasteiger partial charge on any atom is -0.459 e. The van der Waals surface area contributed by atoms with Gasteiger partial charge in [0.25, 0.3) is 5.56 Å². The van der Waals surface area contributed by atoms with E-state index in [0.717, 1.165) is 15.7 Å². The average molecular weight is 348 g/mol. The van der Waals surface area contributed by atoms with E-state index in [-0.39, 0.29) is 24.1 Å². The molecule has 0 bridgehead atoms. The average Bonchev–Trinajstić information content (AvgIpc) is 3.09. The van der Waals surface area contributed by atoms with Crippen LogP contribution in [-0.2, 0) is 11.3 Å². The van der Waals surface area contributed by atoms with Crippen LogP contribution in [-0.4, -0.2) is 20.9 Å². The van der Waals surface area contributed by atoms with Gasteiger partial charge in [-0.1, -0.05) is 35.5 Å². The molecule has 7 heteroatoms. The summed E-state index contributed by atoms with van der Waals surface area (Å²) in [5, 5.41) is 12.0. The summed E-state index contributed by atoms with van der Waals surface area (Å²) < 4.78 is 6.81. The van der Waals surface area contributed by atoms with E-state index in [0.29, 0.717) is 16.7 Å². The molecule has 2 aromatic heterocycles. The van der Waals surface area contributed by atoms with Gasteiger partial charge in [0.05, 0.1) is 11.4 Å². The van der Waals surface area contributed by atoms with Gasteiger partial charge >= 0.3 is 0 Å². The lowest BCUT2D eigenvalue weighted by molar-refractivity contribution is -0.122. The monoisotopic (exact) mass is 348 g/mol. The van der Waals surface area contributed by atoms with Crippen LogP contribution in [0.4, 0.5) is 0 Å². The molecule has 0 aliphatic carbocycles. The van der Waals surface area contributed by atoms with Crippen LogP contribution < -0.4 is 10.9 Å². The van der Waals surface area contributed by atoms with Crippen molar-refractivity contribution in [3.63, 3.8) is 0 Å². The number of amides is 1. The highest BCUT2D eigenvalue weighted by Gasteiger charge is 2.16. The van der Waals surface area contributed by atoms with E-state index in [1.54, 1.807) is 24.3 Å². The molecule has 2 heterocycles. The van der Waals surface area contributed by atoms with Crippen LogP contribution in [0.2, 0.25) is 0 Å². The molecule has 1 unspecified atom stereocenters. The molecule has 1 atom stereocenters. The van der Waals surface area contributed by atoms with E-state index in [4.69, 9.17) is 4.42 Å². The Morgan fingerprint density at radius 1 is 1.19 bits per heavy atom. The fourth-order valence-corrected chi connectivity index (χ4v) is 2.84. The summed E-state index contributed by atoms with van der Waals surface area (Å²) in [4.78, 5) is 24.7. The van der Waals surface area contributed by atoms with Gasteiger partial charge in [-0.3, -0.25) is 9.59 Å². The second-order valence-corrected chi connectivity index (χ2v) is 6.05. The molecule has 0 radical (unpaired) electrons. The van der Waals surface area contributed by atoms with Crippen LogP contribution in [0.15, 0.2) is 63.8 Å². The molecule has 1 amide bonds. The van der Waals surface area contributed by atoms with E-state index in [1.165, 1.54) is 0 Å². The lowest BCUT2D eigenvalue weighted by Gasteiger charge is -2.11. The number of fused-ring (bicyclic) bond motifs is 2. The summed E-state index contributed by atoms with van der Waals surface area (Å²) in [6.45, 7) is 1.62. The first-order chi connectivity index (χ1) is 12.6. The highest BCUT2D eigenvalue weighted by Crippen LogP contribution is 2.23. The maximum Gasteiger partial charge on any atom is 0.278 e. The first-order valence-electron chi connectivity index (χ1n) is 8.22. The molecule has 7 nitrogen and oxygen atoms in total. The molecule has 0 aliphatic heterocycles. The number of benzene rings is 2. The molecule has 0 saturated carbocycles. The first-order valence-corrected chi connectivity index (χ1v) is 8.22. The number of nitrogens with zero attached hydrogens (tertiary/aromatic N) is 3. The normalized spacial score (nSPS) is 12.3. The number of furan rings is 1. The standard InChI is InChI=1S/C19H16N4O3/c1-12(17-10-13-6-2-5-9-16(13)26-17)20-18(24)11-23-19(25)14-7-3-4-8-15(14)21-22-23/h2-10,12H,11H2,1H3,(H,20,24). The van der Waals surface area contributed by atoms with Crippen LogP contribution in [0, 0.1) is 0 Å². The Morgan fingerprint density at radius 3 is 2.81 bits per heavy atom. The van der Waals surface area contributed by atoms with Gasteiger partial charge in [0.2, 0.25) is 5.91 Å². The van der Waals surface area contributed by atoms with Gasteiger partial charge in [-0.25, -0.2) is 4.68 Å². The molecule has 0 aliphatic rings. The van der Waals surface area contributed by atoms with Crippen molar-refractivity contribution in [2.45, 2.75) is 19.5 Å². The number of para-hydroxylation sites is 1. The molecule has 0 fully saturated rings. The van der Waals surface area contributed by atoms with Crippen molar-refractivity contribution in [2.24, 2.45) is 0 Å². The Kier molecular flexibility index (Phi) is 3.96. The Morgan fingerprint density at radius 2 is 1.96 bits per heavy atom. The number of nitrogens with one attached hydrogen (secondary N) is 1. The Labute approximate surface area is 148 Å². The largest absolute Gasteiger partial charge is 0.459 e. The number of carbonyl (C=O) groups excluding carboxylic acids is 1. The molecule has 4 rings (SSSR count). The minimum absolute atomic E-state index is 0.207. The first kappa shape index (κ1) is 16.0. The second-order valence-electron chi connectivity index (χ2n) is 6.05. The number of rotatable bonds is 4. The van der Waals surface area contributed by atoms with Crippen LogP contribution in [0.5, 0.6) is 0 Å². The highest BCUT2D eigenvalue weighted by atomic mass is 16.3. The zero-order valence-corrected chi connectivity index (χ0v) is 14.0. The summed E-state index contributed by atoms with van der Waals surface area (Å²) in [5.74, 6) is 0.307. The summed E-state index contributed by atoms with van der Waals surface area (Å²) in [7, 11) is 0. The van der Waals surface area contributed by atoms with Crippen molar-refractivity contribution < 1.29 is 9.21 Å². The third-order valence-electron chi connectivity index (χ3n) is 4.17. The van der Waals surface area contributed by atoms with Crippen molar-refractivity contribution in [2.75, 3.05) is 0 Å². The Hall–Kier alpha value is -3.48. The lowest BCUT2D eigenvalue weighted by atomic mass is 10.2. The molecule has 2 aromatic carbocycles. The highest BCUT2D eigenvalue weighted by molar-refractivity contribution is 5.80. The summed E-state index contributed by atoms with van der Waals surface area (Å²) in [5.41, 5.74) is 0.923. The smallest absolute Gasteiger partial charge is 0.278 e. The van der Waals surface area contributed by atoms with Crippen molar-refractivity contribution in [1.29, 1.82) is 0 Å². The van der Waals surface area contributed by atoms with E-state index in [2.05, 4.69) is 15.6 Å². The summed E-state index contributed by atoms with van der Waals surface area (Å²) in [6, 6.07) is 16.1. The fraction of sp³-hybridized carbons (Fsp3) is 0.158. The maximum absolute atomic E-state index is 12.4. The van der Waals surface area contributed by atoms with Gasteiger partial charge in [0.1, 0.15) is 23.4 Å². The van der Waals surface area contributed by atoms with E-state index < -0.39 is 0 Å². The topological polar surface area (TPSA) is 90.0 Å². The predicted octanol–water partition coefficient (Wildman–Crippen LogP) is 2.42. The van der Waals surface area contributed by atoms with Gasteiger partial charge in [0, 0.05) is 5.39 Å². The molecule has 130 valence electrons. The van der Waals surface area contributed by atoms with E-state index in [9.17, 15) is 9.59 Å². The predicted molar refractivity (Wildman–Crippen MR) is 96.6 cm³/mol. The van der Waals surface area contributed by atoms with Crippen LogP contribution in [0.25, 0.3) is 21.9 Å². The fourth-order valence-electron chi connectivity index (χ4n) is 2.84. The van der Waals surface area contributed by atoms with Gasteiger partial charge in [-0.2, -0.15) is 0 Å². The van der Waals surface area contributed by atoms with E-state index in [1.807, 2.05) is 37.3 Å². The molecular formula is C19H16N4O3. The number of carbonyl (C=O) groups is 1. The molecule has 26 heavy (non-hydrogen) atoms. The van der Waals surface area contributed by atoms with Crippen LogP contribution >= 0.6 is 0 Å². The van der Waals surface area contributed by atoms with Crippen molar-refractivity contribution in [3.8, 4) is 0 Å². The lowest BCUT2D eigenvalue weighted by Crippen LogP contribution is -2.35. The molecular weight excluding hydrogens is 332 g/mol. The molecule has 4 aromatic rings. The summed E-state index contributed by atoms with van der Waals surface area (Å²) >= 11 is 0. The Balaban J connectivity index is 1.51. The third kappa shape index (κ3) is 2.95. The number of aromatic nitrogens is 3. The van der Waals surface area contributed by atoms with Gasteiger partial charge in [-0.05, 0) is 31.2 Å². The van der Waals surface area contributed by atoms with Crippen molar-refractivity contribution in [3.05, 3.63) is 70.7 Å². The second kappa shape index (κ2) is 6.44. The third-order valence-corrected chi connectivity index (χ3v) is 4.17. The molecule has 0 spiro atoms. The quantitative estimate of drug-likeness (QED) is 0.612. The molecule has 1 N–H and O–H groups in total. The van der Waals surface area contributed by atoms with Gasteiger partial charge in [-0.15, -0.1) is 5.10 Å². The maximum atomic E-state index is 12.4. The SMILES string of the molecule is CC(NC(=O)Cn1nnc2ccccc2c1=O)c1cc2ccccc2o1. The van der Waals surface area contributed by atoms with Gasteiger partial charge < -0.3 is 9.73 Å². The molecule has 0 saturated heterocycles. The van der Waals surface area contributed by atoms with Crippen LogP contribution in [0.3, 0.4) is 0 Å².